The SMILES string of the molecule is CC(C)C(=O)c1cc(C[C@H](N)C(=O)NC(=O)OCc2ccccc2)ccc1O. The van der Waals surface area contributed by atoms with Gasteiger partial charge in [0.15, 0.2) is 5.78 Å². The Kier molecular flexibility index (Phi) is 7.28. The van der Waals surface area contributed by atoms with Gasteiger partial charge in [-0.1, -0.05) is 50.2 Å². The third-order valence-electron chi connectivity index (χ3n) is 4.08. The number of rotatable bonds is 7. The molecular weight excluding hydrogens is 360 g/mol. The minimum Gasteiger partial charge on any atom is -0.507 e. The lowest BCUT2D eigenvalue weighted by atomic mass is 9.96. The van der Waals surface area contributed by atoms with Crippen LogP contribution in [0.1, 0.15) is 35.3 Å². The number of nitrogens with two attached hydrogens (primary N) is 1. The third kappa shape index (κ3) is 5.92. The number of amides is 2. The highest BCUT2D eigenvalue weighted by Gasteiger charge is 2.20. The van der Waals surface area contributed by atoms with E-state index in [4.69, 9.17) is 10.5 Å². The molecule has 0 saturated heterocycles. The third-order valence-corrected chi connectivity index (χ3v) is 4.08. The zero-order chi connectivity index (χ0) is 20.7. The van der Waals surface area contributed by atoms with Crippen LogP contribution >= 0.6 is 0 Å². The summed E-state index contributed by atoms with van der Waals surface area (Å²) < 4.78 is 4.99. The fourth-order valence-corrected chi connectivity index (χ4v) is 2.52. The predicted molar refractivity (Wildman–Crippen MR) is 104 cm³/mol. The van der Waals surface area contributed by atoms with Gasteiger partial charge in [-0.15, -0.1) is 0 Å². The average molecular weight is 384 g/mol. The van der Waals surface area contributed by atoms with Gasteiger partial charge in [-0.05, 0) is 29.7 Å². The second kappa shape index (κ2) is 9.66. The Morgan fingerprint density at radius 3 is 2.39 bits per heavy atom. The van der Waals surface area contributed by atoms with E-state index in [0.717, 1.165) is 5.56 Å². The van der Waals surface area contributed by atoms with Gasteiger partial charge >= 0.3 is 6.09 Å². The van der Waals surface area contributed by atoms with Crippen molar-refractivity contribution < 1.29 is 24.2 Å². The second-order valence-corrected chi connectivity index (χ2v) is 6.73. The number of ether oxygens (including phenoxy) is 1. The topological polar surface area (TPSA) is 119 Å². The number of phenolic OH excluding ortho intramolecular Hbond substituents is 1. The van der Waals surface area contributed by atoms with Crippen LogP contribution in [0.2, 0.25) is 0 Å². The molecule has 2 aromatic rings. The standard InChI is InChI=1S/C21H24N2O5/c1-13(2)19(25)16-10-15(8-9-18(16)24)11-17(22)20(26)23-21(27)28-12-14-6-4-3-5-7-14/h3-10,13,17,24H,11-12,22H2,1-2H3,(H,23,26,27)/t17-/m0/s1. The molecule has 148 valence electrons. The molecule has 7 nitrogen and oxygen atoms in total. The molecule has 0 aliphatic rings. The summed E-state index contributed by atoms with van der Waals surface area (Å²) in [5, 5.41) is 12.0. The van der Waals surface area contributed by atoms with Crippen LogP contribution in [-0.2, 0) is 22.6 Å². The van der Waals surface area contributed by atoms with Crippen LogP contribution in [0.15, 0.2) is 48.5 Å². The minimum atomic E-state index is -1.02. The van der Waals surface area contributed by atoms with E-state index in [1.54, 1.807) is 32.0 Å². The van der Waals surface area contributed by atoms with Crippen molar-refractivity contribution in [2.75, 3.05) is 0 Å². The lowest BCUT2D eigenvalue weighted by Gasteiger charge is -2.13. The fourth-order valence-electron chi connectivity index (χ4n) is 2.52. The number of imide groups is 1. The molecule has 0 heterocycles. The molecule has 0 bridgehead atoms. The van der Waals surface area contributed by atoms with Crippen molar-refractivity contribution >= 4 is 17.8 Å². The van der Waals surface area contributed by atoms with Crippen LogP contribution in [0.5, 0.6) is 5.75 Å². The Morgan fingerprint density at radius 1 is 1.07 bits per heavy atom. The number of Topliss-reactive ketones (excluding diaryl/α,β-unsaturated/α-hetero) is 1. The lowest BCUT2D eigenvalue weighted by Crippen LogP contribution is -2.44. The van der Waals surface area contributed by atoms with Gasteiger partial charge in [-0.25, -0.2) is 4.79 Å². The predicted octanol–water partition coefficient (Wildman–Crippen LogP) is 2.55. The van der Waals surface area contributed by atoms with Crippen molar-refractivity contribution in [2.45, 2.75) is 32.9 Å². The van der Waals surface area contributed by atoms with E-state index >= 15 is 0 Å². The van der Waals surface area contributed by atoms with Gasteiger partial charge < -0.3 is 15.6 Å². The molecular formula is C21H24N2O5. The molecule has 0 radical (unpaired) electrons. The zero-order valence-electron chi connectivity index (χ0n) is 15.8. The van der Waals surface area contributed by atoms with Crippen LogP contribution in [0.4, 0.5) is 4.79 Å². The van der Waals surface area contributed by atoms with Gasteiger partial charge in [0.1, 0.15) is 12.4 Å². The summed E-state index contributed by atoms with van der Waals surface area (Å²) in [5.41, 5.74) is 7.44. The highest BCUT2D eigenvalue weighted by Crippen LogP contribution is 2.22. The number of nitrogens with one attached hydrogen (secondary N) is 1. The molecule has 0 aromatic heterocycles. The van der Waals surface area contributed by atoms with Crippen molar-refractivity contribution in [3.05, 3.63) is 65.2 Å². The number of alkyl carbamates (subject to hydrolysis) is 1. The largest absolute Gasteiger partial charge is 0.507 e. The average Bonchev–Trinajstić information content (AvgIpc) is 2.68. The molecule has 1 atom stereocenters. The maximum Gasteiger partial charge on any atom is 0.414 e. The van der Waals surface area contributed by atoms with E-state index in [2.05, 4.69) is 5.32 Å². The smallest absolute Gasteiger partial charge is 0.414 e. The van der Waals surface area contributed by atoms with Gasteiger partial charge in [0.2, 0.25) is 5.91 Å². The molecule has 0 fully saturated rings. The first-order valence-electron chi connectivity index (χ1n) is 8.91. The lowest BCUT2D eigenvalue weighted by molar-refractivity contribution is -0.121. The van der Waals surface area contributed by atoms with Crippen LogP contribution in [0, 0.1) is 5.92 Å². The molecule has 4 N–H and O–H groups in total. The molecule has 0 unspecified atom stereocenters. The number of phenols is 1. The number of carbonyl (C=O) groups excluding carboxylic acids is 3. The molecule has 0 aliphatic heterocycles. The maximum atomic E-state index is 12.1. The molecule has 2 aromatic carbocycles. The summed E-state index contributed by atoms with van der Waals surface area (Å²) in [7, 11) is 0. The van der Waals surface area contributed by atoms with E-state index in [9.17, 15) is 19.5 Å². The molecule has 0 spiro atoms. The van der Waals surface area contributed by atoms with Gasteiger partial charge in [0.25, 0.3) is 0 Å². The summed E-state index contributed by atoms with van der Waals surface area (Å²) in [6.45, 7) is 3.50. The molecule has 0 aliphatic carbocycles. The van der Waals surface area contributed by atoms with Crippen LogP contribution in [-0.4, -0.2) is 28.9 Å². The highest BCUT2D eigenvalue weighted by molar-refractivity contribution is 6.00. The van der Waals surface area contributed by atoms with Crippen molar-refractivity contribution in [1.82, 2.24) is 5.32 Å². The first kappa shape index (κ1) is 21.1. The zero-order valence-corrected chi connectivity index (χ0v) is 15.8. The van der Waals surface area contributed by atoms with Crippen molar-refractivity contribution in [2.24, 2.45) is 11.7 Å². The first-order valence-corrected chi connectivity index (χ1v) is 8.91. The number of hydrogen-bond donors (Lipinski definition) is 3. The van der Waals surface area contributed by atoms with Crippen LogP contribution < -0.4 is 11.1 Å². The van der Waals surface area contributed by atoms with Gasteiger partial charge in [-0.2, -0.15) is 0 Å². The van der Waals surface area contributed by atoms with E-state index in [1.165, 1.54) is 12.1 Å². The number of aromatic hydroxyl groups is 1. The van der Waals surface area contributed by atoms with E-state index in [0.29, 0.717) is 5.56 Å². The Hall–Kier alpha value is -3.19. The van der Waals surface area contributed by atoms with Crippen LogP contribution in [0.25, 0.3) is 0 Å². The molecule has 2 amide bonds. The Bertz CT molecular complexity index is 849. The van der Waals surface area contributed by atoms with Crippen molar-refractivity contribution in [1.29, 1.82) is 0 Å². The number of hydrogen-bond acceptors (Lipinski definition) is 6. The quantitative estimate of drug-likeness (QED) is 0.631. The number of ketones is 1. The van der Waals surface area contributed by atoms with E-state index < -0.39 is 18.0 Å². The molecule has 0 saturated carbocycles. The van der Waals surface area contributed by atoms with E-state index in [-0.39, 0.29) is 36.0 Å². The summed E-state index contributed by atoms with van der Waals surface area (Å²) in [6.07, 6.45) is -0.790. The monoisotopic (exact) mass is 384 g/mol. The fraction of sp³-hybridized carbons (Fsp3) is 0.286. The Labute approximate surface area is 163 Å². The van der Waals surface area contributed by atoms with Gasteiger partial charge in [0.05, 0.1) is 11.6 Å². The first-order chi connectivity index (χ1) is 13.3. The summed E-state index contributed by atoms with van der Waals surface area (Å²) >= 11 is 0. The summed E-state index contributed by atoms with van der Waals surface area (Å²) in [6, 6.07) is 12.5. The summed E-state index contributed by atoms with van der Waals surface area (Å²) in [5.74, 6) is -1.30. The van der Waals surface area contributed by atoms with Crippen molar-refractivity contribution in [3.8, 4) is 5.75 Å². The van der Waals surface area contributed by atoms with Gasteiger partial charge in [-0.3, -0.25) is 14.9 Å². The molecule has 7 heteroatoms. The molecule has 2 rings (SSSR count). The Balaban J connectivity index is 1.92. The minimum absolute atomic E-state index is 0.0355. The number of benzene rings is 2. The maximum absolute atomic E-state index is 12.1. The van der Waals surface area contributed by atoms with Crippen LogP contribution in [0.3, 0.4) is 0 Å². The second-order valence-electron chi connectivity index (χ2n) is 6.73. The normalized spacial score (nSPS) is 11.7. The summed E-state index contributed by atoms with van der Waals surface area (Å²) in [4.78, 5) is 36.0. The highest BCUT2D eigenvalue weighted by atomic mass is 16.5. The van der Waals surface area contributed by atoms with E-state index in [1.807, 2.05) is 18.2 Å². The van der Waals surface area contributed by atoms with Gasteiger partial charge in [0, 0.05) is 5.92 Å². The van der Waals surface area contributed by atoms with Crippen molar-refractivity contribution in [3.63, 3.8) is 0 Å². The molecule has 28 heavy (non-hydrogen) atoms. The number of carbonyl (C=O) groups is 3. The Morgan fingerprint density at radius 2 is 1.75 bits per heavy atom.